The predicted octanol–water partition coefficient (Wildman–Crippen LogP) is 3.78. The molecule has 0 spiro atoms. The Morgan fingerprint density at radius 2 is 1.85 bits per heavy atom. The maximum Gasteiger partial charge on any atom is 0.251 e. The van der Waals surface area contributed by atoms with Crippen molar-refractivity contribution in [2.45, 2.75) is 38.6 Å². The SMILES string of the molecule is O=C(NCCc1nccn1Cc1ccccc1)c1ccc2c(c1)CCCC2. The number of rotatable bonds is 6. The Morgan fingerprint density at radius 3 is 2.70 bits per heavy atom. The van der Waals surface area contributed by atoms with Crippen molar-refractivity contribution >= 4 is 5.91 Å². The van der Waals surface area contributed by atoms with Crippen LogP contribution in [0.4, 0.5) is 0 Å². The Balaban J connectivity index is 1.34. The molecule has 4 nitrogen and oxygen atoms in total. The summed E-state index contributed by atoms with van der Waals surface area (Å²) in [7, 11) is 0. The number of fused-ring (bicyclic) bond motifs is 1. The molecule has 2 aromatic carbocycles. The van der Waals surface area contributed by atoms with Crippen LogP contribution in [0.2, 0.25) is 0 Å². The molecule has 0 radical (unpaired) electrons. The summed E-state index contributed by atoms with van der Waals surface area (Å²) in [4.78, 5) is 16.9. The minimum Gasteiger partial charge on any atom is -0.352 e. The van der Waals surface area contributed by atoms with Crippen molar-refractivity contribution < 1.29 is 4.79 Å². The molecule has 1 N–H and O–H groups in total. The van der Waals surface area contributed by atoms with Crippen molar-refractivity contribution in [3.8, 4) is 0 Å². The van der Waals surface area contributed by atoms with Gasteiger partial charge in [0.15, 0.2) is 0 Å². The second kappa shape index (κ2) is 8.21. The highest BCUT2D eigenvalue weighted by molar-refractivity contribution is 5.94. The van der Waals surface area contributed by atoms with E-state index < -0.39 is 0 Å². The van der Waals surface area contributed by atoms with Crippen LogP contribution < -0.4 is 5.32 Å². The molecule has 0 saturated heterocycles. The van der Waals surface area contributed by atoms with Gasteiger partial charge in [0.05, 0.1) is 0 Å². The summed E-state index contributed by atoms with van der Waals surface area (Å²) in [6, 6.07) is 16.5. The van der Waals surface area contributed by atoms with Crippen LogP contribution in [0.1, 0.15) is 45.7 Å². The number of benzene rings is 2. The Hall–Kier alpha value is -2.88. The van der Waals surface area contributed by atoms with Gasteiger partial charge in [-0.3, -0.25) is 4.79 Å². The van der Waals surface area contributed by atoms with Gasteiger partial charge in [0.2, 0.25) is 0 Å². The number of hydrogen-bond acceptors (Lipinski definition) is 2. The standard InChI is InChI=1S/C23H25N3O/c27-23(21-11-10-19-8-4-5-9-20(19)16-21)25-13-12-22-24-14-15-26(22)17-18-6-2-1-3-7-18/h1-3,6-7,10-11,14-16H,4-5,8-9,12-13,17H2,(H,25,27). The highest BCUT2D eigenvalue weighted by Gasteiger charge is 2.13. The van der Waals surface area contributed by atoms with Crippen molar-refractivity contribution in [2.24, 2.45) is 0 Å². The molecule has 1 aliphatic rings. The molecule has 0 atom stereocenters. The molecule has 0 fully saturated rings. The predicted molar refractivity (Wildman–Crippen MR) is 107 cm³/mol. The first kappa shape index (κ1) is 17.5. The molecule has 1 heterocycles. The molecule has 138 valence electrons. The first-order chi connectivity index (χ1) is 13.3. The van der Waals surface area contributed by atoms with Gasteiger partial charge in [-0.2, -0.15) is 0 Å². The van der Waals surface area contributed by atoms with Crippen molar-refractivity contribution in [1.29, 1.82) is 0 Å². The third-order valence-electron chi connectivity index (χ3n) is 5.24. The topological polar surface area (TPSA) is 46.9 Å². The van der Waals surface area contributed by atoms with Gasteiger partial charge in [0.25, 0.3) is 5.91 Å². The van der Waals surface area contributed by atoms with Gasteiger partial charge in [0, 0.05) is 37.5 Å². The van der Waals surface area contributed by atoms with Gasteiger partial charge in [-0.15, -0.1) is 0 Å². The van der Waals surface area contributed by atoms with Crippen molar-refractivity contribution in [3.05, 3.63) is 89.0 Å². The number of nitrogens with one attached hydrogen (secondary N) is 1. The number of nitrogens with zero attached hydrogens (tertiary/aromatic N) is 2. The quantitative estimate of drug-likeness (QED) is 0.728. The number of hydrogen-bond donors (Lipinski definition) is 1. The molecule has 3 aromatic rings. The lowest BCUT2D eigenvalue weighted by Gasteiger charge is -2.16. The maximum absolute atomic E-state index is 12.5. The molecule has 0 aliphatic heterocycles. The summed E-state index contributed by atoms with van der Waals surface area (Å²) in [5.41, 5.74) is 4.76. The van der Waals surface area contributed by atoms with E-state index in [-0.39, 0.29) is 5.91 Å². The van der Waals surface area contributed by atoms with Crippen molar-refractivity contribution in [3.63, 3.8) is 0 Å². The third kappa shape index (κ3) is 4.27. The van der Waals surface area contributed by atoms with Crippen LogP contribution in [-0.4, -0.2) is 22.0 Å². The van der Waals surface area contributed by atoms with Gasteiger partial charge >= 0.3 is 0 Å². The molecular formula is C23H25N3O. The lowest BCUT2D eigenvalue weighted by atomic mass is 9.90. The van der Waals surface area contributed by atoms with E-state index in [1.807, 2.05) is 36.7 Å². The van der Waals surface area contributed by atoms with E-state index in [1.165, 1.54) is 29.5 Å². The number of aryl methyl sites for hydroxylation is 2. The molecule has 0 saturated carbocycles. The zero-order chi connectivity index (χ0) is 18.5. The lowest BCUT2D eigenvalue weighted by Crippen LogP contribution is -2.26. The first-order valence-electron chi connectivity index (χ1n) is 9.73. The summed E-state index contributed by atoms with van der Waals surface area (Å²) in [6.45, 7) is 1.39. The number of amides is 1. The smallest absolute Gasteiger partial charge is 0.251 e. The third-order valence-corrected chi connectivity index (χ3v) is 5.24. The molecular weight excluding hydrogens is 334 g/mol. The number of aromatic nitrogens is 2. The van der Waals surface area contributed by atoms with E-state index in [4.69, 9.17) is 0 Å². The van der Waals surface area contributed by atoms with E-state index >= 15 is 0 Å². The zero-order valence-electron chi connectivity index (χ0n) is 15.5. The van der Waals surface area contributed by atoms with Crippen LogP contribution in [0.15, 0.2) is 60.9 Å². The van der Waals surface area contributed by atoms with Crippen LogP contribution in [0.3, 0.4) is 0 Å². The lowest BCUT2D eigenvalue weighted by molar-refractivity contribution is 0.0953. The van der Waals surface area contributed by atoms with Gasteiger partial charge in [-0.25, -0.2) is 4.98 Å². The van der Waals surface area contributed by atoms with Crippen LogP contribution in [0, 0.1) is 0 Å². The fraction of sp³-hybridized carbons (Fsp3) is 0.304. The Morgan fingerprint density at radius 1 is 1.04 bits per heavy atom. The summed E-state index contributed by atoms with van der Waals surface area (Å²) in [5, 5.41) is 3.04. The highest BCUT2D eigenvalue weighted by atomic mass is 16.1. The Labute approximate surface area is 160 Å². The van der Waals surface area contributed by atoms with Gasteiger partial charge < -0.3 is 9.88 Å². The van der Waals surface area contributed by atoms with Crippen LogP contribution >= 0.6 is 0 Å². The van der Waals surface area contributed by atoms with Gasteiger partial charge in [-0.1, -0.05) is 36.4 Å². The van der Waals surface area contributed by atoms with Crippen LogP contribution in [0.5, 0.6) is 0 Å². The number of carbonyl (C=O) groups is 1. The average Bonchev–Trinajstić information content (AvgIpc) is 3.15. The summed E-state index contributed by atoms with van der Waals surface area (Å²) < 4.78 is 2.14. The fourth-order valence-corrected chi connectivity index (χ4v) is 3.76. The fourth-order valence-electron chi connectivity index (χ4n) is 3.76. The van der Waals surface area contributed by atoms with E-state index in [2.05, 4.69) is 39.1 Å². The number of carbonyl (C=O) groups excluding carboxylic acids is 1. The molecule has 1 amide bonds. The minimum atomic E-state index is 0.00420. The normalized spacial score (nSPS) is 13.2. The van der Waals surface area contributed by atoms with Gasteiger partial charge in [0.1, 0.15) is 5.82 Å². The summed E-state index contributed by atoms with van der Waals surface area (Å²) in [6.07, 6.45) is 9.25. The van der Waals surface area contributed by atoms with E-state index in [0.717, 1.165) is 37.2 Å². The minimum absolute atomic E-state index is 0.00420. The Kier molecular flexibility index (Phi) is 5.33. The number of imidazole rings is 1. The van der Waals surface area contributed by atoms with Crippen LogP contribution in [0.25, 0.3) is 0 Å². The monoisotopic (exact) mass is 359 g/mol. The maximum atomic E-state index is 12.5. The molecule has 4 heteroatoms. The molecule has 1 aromatic heterocycles. The van der Waals surface area contributed by atoms with E-state index in [0.29, 0.717) is 6.54 Å². The average molecular weight is 359 g/mol. The van der Waals surface area contributed by atoms with Gasteiger partial charge in [-0.05, 0) is 54.5 Å². The van der Waals surface area contributed by atoms with E-state index in [9.17, 15) is 4.79 Å². The molecule has 4 rings (SSSR count). The second-order valence-corrected chi connectivity index (χ2v) is 7.15. The molecule has 1 aliphatic carbocycles. The Bertz CT molecular complexity index is 914. The van der Waals surface area contributed by atoms with Crippen molar-refractivity contribution in [1.82, 2.24) is 14.9 Å². The highest BCUT2D eigenvalue weighted by Crippen LogP contribution is 2.22. The summed E-state index contributed by atoms with van der Waals surface area (Å²) >= 11 is 0. The molecule has 0 unspecified atom stereocenters. The zero-order valence-corrected chi connectivity index (χ0v) is 15.5. The second-order valence-electron chi connectivity index (χ2n) is 7.15. The van der Waals surface area contributed by atoms with Crippen LogP contribution in [-0.2, 0) is 25.8 Å². The first-order valence-corrected chi connectivity index (χ1v) is 9.73. The molecule has 0 bridgehead atoms. The molecule has 27 heavy (non-hydrogen) atoms. The largest absolute Gasteiger partial charge is 0.352 e. The van der Waals surface area contributed by atoms with E-state index in [1.54, 1.807) is 0 Å². The summed E-state index contributed by atoms with van der Waals surface area (Å²) in [5.74, 6) is 0.995. The van der Waals surface area contributed by atoms with Crippen molar-refractivity contribution in [2.75, 3.05) is 6.54 Å².